The zero-order chi connectivity index (χ0) is 37.0. The Morgan fingerprint density at radius 1 is 0.411 bits per heavy atom. The highest BCUT2D eigenvalue weighted by atomic mass is 16.3. The van der Waals surface area contributed by atoms with Crippen molar-refractivity contribution in [1.82, 2.24) is 19.7 Å². The van der Waals surface area contributed by atoms with Gasteiger partial charge in [0.05, 0.1) is 22.6 Å². The Kier molecular flexibility index (Phi) is 7.42. The average Bonchev–Trinajstić information content (AvgIpc) is 3.87. The van der Waals surface area contributed by atoms with Crippen molar-refractivity contribution in [2.45, 2.75) is 0 Å². The number of nitrogens with zero attached hydrogens (tertiary/aromatic N) is 4. The molecule has 56 heavy (non-hydrogen) atoms. The Bertz CT molecular complexity index is 3230. The summed E-state index contributed by atoms with van der Waals surface area (Å²) in [5.74, 6) is 0.648. The number of fused-ring (bicyclic) bond motifs is 6. The molecule has 0 N–H and O–H groups in total. The minimum absolute atomic E-state index is 0.648. The molecule has 262 valence electrons. The molecule has 5 nitrogen and oxygen atoms in total. The molecule has 0 atom stereocenters. The molecule has 0 unspecified atom stereocenters. The van der Waals surface area contributed by atoms with Gasteiger partial charge in [-0.2, -0.15) is 5.10 Å². The number of hydrogen-bond acceptors (Lipinski definition) is 4. The highest BCUT2D eigenvalue weighted by Crippen LogP contribution is 2.49. The van der Waals surface area contributed by atoms with Gasteiger partial charge in [-0.3, -0.25) is 0 Å². The Morgan fingerprint density at radius 2 is 0.982 bits per heavy atom. The van der Waals surface area contributed by atoms with Crippen LogP contribution in [0.15, 0.2) is 199 Å². The Hall–Kier alpha value is -7.63. The van der Waals surface area contributed by atoms with E-state index >= 15 is 0 Å². The van der Waals surface area contributed by atoms with Gasteiger partial charge in [-0.15, -0.1) is 0 Å². The summed E-state index contributed by atoms with van der Waals surface area (Å²) in [5, 5.41) is 10.8. The van der Waals surface area contributed by atoms with Gasteiger partial charge >= 0.3 is 0 Å². The molecule has 0 aliphatic rings. The van der Waals surface area contributed by atoms with E-state index in [4.69, 9.17) is 19.5 Å². The molecule has 11 rings (SSSR count). The van der Waals surface area contributed by atoms with Crippen molar-refractivity contribution in [3.63, 3.8) is 0 Å². The molecule has 0 saturated heterocycles. The van der Waals surface area contributed by atoms with Crippen molar-refractivity contribution in [1.29, 1.82) is 0 Å². The zero-order valence-corrected chi connectivity index (χ0v) is 30.2. The molecule has 3 aromatic heterocycles. The highest BCUT2D eigenvalue weighted by Gasteiger charge is 2.27. The molecule has 0 radical (unpaired) electrons. The average molecular weight is 717 g/mol. The molecule has 0 aliphatic heterocycles. The maximum Gasteiger partial charge on any atom is 0.160 e. The zero-order valence-electron chi connectivity index (χ0n) is 30.2. The van der Waals surface area contributed by atoms with Crippen molar-refractivity contribution < 1.29 is 4.42 Å². The van der Waals surface area contributed by atoms with Crippen molar-refractivity contribution in [2.24, 2.45) is 0 Å². The van der Waals surface area contributed by atoms with Crippen LogP contribution in [-0.2, 0) is 0 Å². The topological polar surface area (TPSA) is 56.7 Å². The van der Waals surface area contributed by atoms with Gasteiger partial charge in [0.1, 0.15) is 16.9 Å². The third kappa shape index (κ3) is 5.13. The van der Waals surface area contributed by atoms with Gasteiger partial charge in [-0.05, 0) is 41.3 Å². The molecule has 0 saturated carbocycles. The second-order valence-electron chi connectivity index (χ2n) is 14.0. The van der Waals surface area contributed by atoms with Crippen LogP contribution in [-0.4, -0.2) is 19.7 Å². The van der Waals surface area contributed by atoms with Crippen LogP contribution in [0, 0.1) is 0 Å². The van der Waals surface area contributed by atoms with E-state index in [-0.39, 0.29) is 0 Å². The van der Waals surface area contributed by atoms with Crippen molar-refractivity contribution in [3.8, 4) is 62.0 Å². The van der Waals surface area contributed by atoms with Crippen molar-refractivity contribution >= 4 is 43.6 Å². The van der Waals surface area contributed by atoms with Gasteiger partial charge in [0.2, 0.25) is 0 Å². The van der Waals surface area contributed by atoms with E-state index in [0.717, 1.165) is 99.8 Å². The van der Waals surface area contributed by atoms with Crippen LogP contribution in [0.3, 0.4) is 0 Å². The van der Waals surface area contributed by atoms with Crippen molar-refractivity contribution in [3.05, 3.63) is 194 Å². The number of furan rings is 1. The Labute approximate surface area is 322 Å². The van der Waals surface area contributed by atoms with Crippen LogP contribution < -0.4 is 0 Å². The Balaban J connectivity index is 1.32. The third-order valence-corrected chi connectivity index (χ3v) is 10.6. The van der Waals surface area contributed by atoms with E-state index in [0.29, 0.717) is 5.82 Å². The molecule has 0 spiro atoms. The normalized spacial score (nSPS) is 11.6. The largest absolute Gasteiger partial charge is 0.456 e. The predicted octanol–water partition coefficient (Wildman–Crippen LogP) is 13.2. The first-order valence-corrected chi connectivity index (χ1v) is 18.8. The lowest BCUT2D eigenvalue weighted by Gasteiger charge is -2.19. The minimum Gasteiger partial charge on any atom is -0.456 e. The fourth-order valence-corrected chi connectivity index (χ4v) is 8.20. The SMILES string of the molecule is c1ccc(-c2nc(-c3c(-c4ccccc4)c4c(-c5ccccc5)nn(-c5ccccc5)c4c4ccccc34)cc(-c3cccc4oc5ccccc5c34)n2)cc1. The van der Waals surface area contributed by atoms with E-state index in [1.807, 2.05) is 48.5 Å². The summed E-state index contributed by atoms with van der Waals surface area (Å²) in [6.45, 7) is 0. The second kappa shape index (κ2) is 13.0. The standard InChI is InChI=1S/C51H32N4O/c1-5-18-33(19-6-1)45-47(37-26-13-14-27-38(37)50-48(45)49(34-20-7-2-8-21-34)54-55(50)36-24-11-4-12-25-36)42-32-41(52-51(53-42)35-22-9-3-10-23-35)39-29-17-31-44-46(39)40-28-15-16-30-43(40)56-44/h1-32H. The van der Waals surface area contributed by atoms with Gasteiger partial charge in [-0.25, -0.2) is 14.6 Å². The number of aromatic nitrogens is 4. The summed E-state index contributed by atoms with van der Waals surface area (Å²) in [6, 6.07) is 67.1. The summed E-state index contributed by atoms with van der Waals surface area (Å²) in [6.07, 6.45) is 0. The smallest absolute Gasteiger partial charge is 0.160 e. The molecule has 0 amide bonds. The summed E-state index contributed by atoms with van der Waals surface area (Å²) >= 11 is 0. The summed E-state index contributed by atoms with van der Waals surface area (Å²) in [7, 11) is 0. The van der Waals surface area contributed by atoms with Gasteiger partial charge < -0.3 is 4.42 Å². The van der Waals surface area contributed by atoms with Crippen LogP contribution in [0.1, 0.15) is 0 Å². The number of benzene rings is 8. The first-order valence-electron chi connectivity index (χ1n) is 18.8. The molecule has 0 fully saturated rings. The van der Waals surface area contributed by atoms with Crippen LogP contribution in [0.25, 0.3) is 106 Å². The summed E-state index contributed by atoms with van der Waals surface area (Å²) < 4.78 is 8.48. The van der Waals surface area contributed by atoms with E-state index < -0.39 is 0 Å². The Morgan fingerprint density at radius 3 is 1.71 bits per heavy atom. The van der Waals surface area contributed by atoms with Gasteiger partial charge in [0.25, 0.3) is 0 Å². The van der Waals surface area contributed by atoms with Crippen LogP contribution in [0.5, 0.6) is 0 Å². The maximum absolute atomic E-state index is 6.37. The first kappa shape index (κ1) is 31.9. The van der Waals surface area contributed by atoms with Crippen LogP contribution in [0.2, 0.25) is 0 Å². The molecule has 8 aromatic carbocycles. The van der Waals surface area contributed by atoms with E-state index in [1.54, 1.807) is 0 Å². The quantitative estimate of drug-likeness (QED) is 0.172. The van der Waals surface area contributed by atoms with Gasteiger partial charge in [0.15, 0.2) is 5.82 Å². The third-order valence-electron chi connectivity index (χ3n) is 10.6. The lowest BCUT2D eigenvalue weighted by atomic mass is 9.86. The van der Waals surface area contributed by atoms with Crippen LogP contribution >= 0.6 is 0 Å². The molecular formula is C51H32N4O. The van der Waals surface area contributed by atoms with Crippen molar-refractivity contribution in [2.75, 3.05) is 0 Å². The van der Waals surface area contributed by atoms with Gasteiger partial charge in [0, 0.05) is 49.4 Å². The lowest BCUT2D eigenvalue weighted by molar-refractivity contribution is 0.669. The van der Waals surface area contributed by atoms with Gasteiger partial charge in [-0.1, -0.05) is 164 Å². The maximum atomic E-state index is 6.37. The van der Waals surface area contributed by atoms with E-state index in [9.17, 15) is 0 Å². The predicted molar refractivity (Wildman–Crippen MR) is 229 cm³/mol. The lowest BCUT2D eigenvalue weighted by Crippen LogP contribution is -2.00. The van der Waals surface area contributed by atoms with Crippen LogP contribution in [0.4, 0.5) is 0 Å². The number of rotatable bonds is 6. The monoisotopic (exact) mass is 716 g/mol. The summed E-state index contributed by atoms with van der Waals surface area (Å²) in [4.78, 5) is 10.8. The highest BCUT2D eigenvalue weighted by molar-refractivity contribution is 6.24. The fourth-order valence-electron chi connectivity index (χ4n) is 8.20. The summed E-state index contributed by atoms with van der Waals surface area (Å²) in [5.41, 5.74) is 12.4. The first-order chi connectivity index (χ1) is 27.8. The molecular weight excluding hydrogens is 685 g/mol. The number of hydrogen-bond donors (Lipinski definition) is 0. The minimum atomic E-state index is 0.648. The molecule has 0 aliphatic carbocycles. The molecule has 11 aromatic rings. The van der Waals surface area contributed by atoms with E-state index in [1.165, 1.54) is 0 Å². The number of para-hydroxylation sites is 2. The molecule has 5 heteroatoms. The molecule has 3 heterocycles. The molecule has 0 bridgehead atoms. The fraction of sp³-hybridized carbons (Fsp3) is 0. The van der Waals surface area contributed by atoms with E-state index in [2.05, 4.69) is 150 Å². The second-order valence-corrected chi connectivity index (χ2v) is 14.0.